The Balaban J connectivity index is 1.58. The van der Waals surface area contributed by atoms with E-state index in [1.807, 2.05) is 36.4 Å². The summed E-state index contributed by atoms with van der Waals surface area (Å²) in [7, 11) is 0. The van der Waals surface area contributed by atoms with E-state index in [0.717, 1.165) is 15.2 Å². The lowest BCUT2D eigenvalue weighted by molar-refractivity contribution is -0.123. The highest BCUT2D eigenvalue weighted by Gasteiger charge is 2.08. The summed E-state index contributed by atoms with van der Waals surface area (Å²) in [6.45, 7) is -0.158. The summed E-state index contributed by atoms with van der Waals surface area (Å²) in [4.78, 5) is 11.8. The van der Waals surface area contributed by atoms with Crippen LogP contribution in [0.5, 0.6) is 11.5 Å². The molecule has 0 aliphatic rings. The van der Waals surface area contributed by atoms with Gasteiger partial charge in [-0.25, -0.2) is 5.43 Å². The first-order valence-electron chi connectivity index (χ1n) is 7.54. The lowest BCUT2D eigenvalue weighted by Gasteiger charge is -2.09. The second-order valence-corrected chi connectivity index (χ2v) is 6.07. The fraction of sp³-hybridized carbons (Fsp3) is 0.0526. The molecule has 0 spiro atoms. The molecule has 6 heteroatoms. The van der Waals surface area contributed by atoms with Crippen LogP contribution >= 0.6 is 15.9 Å². The molecule has 126 valence electrons. The van der Waals surface area contributed by atoms with Crippen molar-refractivity contribution < 1.29 is 14.6 Å². The van der Waals surface area contributed by atoms with E-state index in [-0.39, 0.29) is 18.3 Å². The van der Waals surface area contributed by atoms with Gasteiger partial charge in [-0.15, -0.1) is 0 Å². The molecule has 0 aliphatic carbocycles. The normalized spacial score (nSPS) is 10.9. The molecule has 0 bridgehead atoms. The van der Waals surface area contributed by atoms with E-state index in [9.17, 15) is 9.90 Å². The van der Waals surface area contributed by atoms with Crippen LogP contribution in [0.2, 0.25) is 0 Å². The Morgan fingerprint density at radius 3 is 2.84 bits per heavy atom. The van der Waals surface area contributed by atoms with Crippen LogP contribution in [0.4, 0.5) is 0 Å². The van der Waals surface area contributed by atoms with E-state index in [2.05, 4.69) is 26.5 Å². The zero-order valence-electron chi connectivity index (χ0n) is 13.1. The third-order valence-corrected chi connectivity index (χ3v) is 4.28. The number of benzene rings is 3. The number of halogens is 1. The summed E-state index contributed by atoms with van der Waals surface area (Å²) >= 11 is 3.51. The van der Waals surface area contributed by atoms with Crippen molar-refractivity contribution in [1.29, 1.82) is 0 Å². The van der Waals surface area contributed by atoms with Crippen LogP contribution in [0.25, 0.3) is 10.8 Å². The standard InChI is InChI=1S/C19H15BrN2O3/c20-19-16-7-2-1-5-14(16)8-9-17(19)25-12-18(24)22-21-11-13-4-3-6-15(23)10-13/h1-11,23H,12H2,(H,22,24). The van der Waals surface area contributed by atoms with E-state index in [4.69, 9.17) is 4.74 Å². The highest BCUT2D eigenvalue weighted by atomic mass is 79.9. The number of aromatic hydroxyl groups is 1. The Kier molecular flexibility index (Phi) is 5.30. The first kappa shape index (κ1) is 17.0. The molecule has 0 aliphatic heterocycles. The number of hydrogen-bond acceptors (Lipinski definition) is 4. The molecular weight excluding hydrogens is 384 g/mol. The largest absolute Gasteiger partial charge is 0.508 e. The van der Waals surface area contributed by atoms with Crippen LogP contribution in [0.1, 0.15) is 5.56 Å². The van der Waals surface area contributed by atoms with Crippen LogP contribution in [0.3, 0.4) is 0 Å². The van der Waals surface area contributed by atoms with Crippen molar-refractivity contribution in [3.8, 4) is 11.5 Å². The van der Waals surface area contributed by atoms with Crippen molar-refractivity contribution in [2.24, 2.45) is 5.10 Å². The van der Waals surface area contributed by atoms with Gasteiger partial charge in [-0.3, -0.25) is 4.79 Å². The van der Waals surface area contributed by atoms with E-state index in [1.165, 1.54) is 6.21 Å². The van der Waals surface area contributed by atoms with Gasteiger partial charge in [0, 0.05) is 0 Å². The predicted molar refractivity (Wildman–Crippen MR) is 101 cm³/mol. The quantitative estimate of drug-likeness (QED) is 0.506. The Bertz CT molecular complexity index is 941. The fourth-order valence-corrected chi connectivity index (χ4v) is 2.89. The molecular formula is C19H15BrN2O3. The highest BCUT2D eigenvalue weighted by Crippen LogP contribution is 2.32. The summed E-state index contributed by atoms with van der Waals surface area (Å²) in [5, 5.41) is 15.3. The third kappa shape index (κ3) is 4.36. The van der Waals surface area contributed by atoms with E-state index >= 15 is 0 Å². The molecule has 2 N–H and O–H groups in total. The number of carbonyl (C=O) groups excluding carboxylic acids is 1. The zero-order valence-corrected chi connectivity index (χ0v) is 14.7. The molecule has 3 aromatic carbocycles. The van der Waals surface area contributed by atoms with E-state index in [1.54, 1.807) is 24.3 Å². The van der Waals surface area contributed by atoms with Crippen LogP contribution in [-0.2, 0) is 4.79 Å². The average Bonchev–Trinajstić information content (AvgIpc) is 2.61. The van der Waals surface area contributed by atoms with Crippen LogP contribution in [0.15, 0.2) is 70.2 Å². The van der Waals surface area contributed by atoms with Gasteiger partial charge in [-0.2, -0.15) is 5.10 Å². The molecule has 0 radical (unpaired) electrons. The third-order valence-electron chi connectivity index (χ3n) is 3.46. The number of amides is 1. The van der Waals surface area contributed by atoms with Crippen molar-refractivity contribution in [3.63, 3.8) is 0 Å². The Morgan fingerprint density at radius 2 is 2.00 bits per heavy atom. The topological polar surface area (TPSA) is 70.9 Å². The second kappa shape index (κ2) is 7.81. The molecule has 0 atom stereocenters. The van der Waals surface area contributed by atoms with Crippen molar-refractivity contribution in [2.75, 3.05) is 6.61 Å². The second-order valence-electron chi connectivity index (χ2n) is 5.28. The van der Waals surface area contributed by atoms with Gasteiger partial charge in [0.1, 0.15) is 11.5 Å². The number of nitrogens with zero attached hydrogens (tertiary/aromatic N) is 1. The minimum Gasteiger partial charge on any atom is -0.508 e. The molecule has 25 heavy (non-hydrogen) atoms. The molecule has 5 nitrogen and oxygen atoms in total. The number of nitrogens with one attached hydrogen (secondary N) is 1. The van der Waals surface area contributed by atoms with E-state index in [0.29, 0.717) is 11.3 Å². The predicted octanol–water partition coefficient (Wildman–Crippen LogP) is 3.84. The summed E-state index contributed by atoms with van der Waals surface area (Å²) in [6.07, 6.45) is 1.45. The van der Waals surface area contributed by atoms with Crippen molar-refractivity contribution in [3.05, 3.63) is 70.7 Å². The molecule has 3 aromatic rings. The molecule has 3 rings (SSSR count). The number of hydrazone groups is 1. The first-order valence-corrected chi connectivity index (χ1v) is 8.34. The maximum Gasteiger partial charge on any atom is 0.277 e. The number of phenolic OH excluding ortho intramolecular Hbond substituents is 1. The van der Waals surface area contributed by atoms with Gasteiger partial charge in [0.15, 0.2) is 6.61 Å². The van der Waals surface area contributed by atoms with Gasteiger partial charge in [0.25, 0.3) is 5.91 Å². The Hall–Kier alpha value is -2.86. The van der Waals surface area contributed by atoms with Crippen LogP contribution in [0, 0.1) is 0 Å². The minimum absolute atomic E-state index is 0.139. The van der Waals surface area contributed by atoms with E-state index < -0.39 is 0 Å². The number of phenols is 1. The number of rotatable bonds is 5. The van der Waals surface area contributed by atoms with Crippen molar-refractivity contribution in [2.45, 2.75) is 0 Å². The number of hydrogen-bond donors (Lipinski definition) is 2. The molecule has 0 unspecified atom stereocenters. The summed E-state index contributed by atoms with van der Waals surface area (Å²) in [5.74, 6) is 0.349. The molecule has 0 saturated carbocycles. The monoisotopic (exact) mass is 398 g/mol. The SMILES string of the molecule is O=C(COc1ccc2ccccc2c1Br)NN=Cc1cccc(O)c1. The smallest absolute Gasteiger partial charge is 0.277 e. The number of carbonyl (C=O) groups is 1. The zero-order chi connectivity index (χ0) is 17.6. The number of fused-ring (bicyclic) bond motifs is 1. The maximum atomic E-state index is 11.8. The lowest BCUT2D eigenvalue weighted by Crippen LogP contribution is -2.24. The van der Waals surface area contributed by atoms with Crippen LogP contribution < -0.4 is 10.2 Å². The van der Waals surface area contributed by atoms with Gasteiger partial charge >= 0.3 is 0 Å². The summed E-state index contributed by atoms with van der Waals surface area (Å²) in [6, 6.07) is 18.2. The highest BCUT2D eigenvalue weighted by molar-refractivity contribution is 9.10. The molecule has 0 fully saturated rings. The van der Waals surface area contributed by atoms with Gasteiger partial charge in [-0.1, -0.05) is 42.5 Å². The summed E-state index contributed by atoms with van der Waals surface area (Å²) < 4.78 is 6.36. The van der Waals surface area contributed by atoms with Gasteiger partial charge in [0.2, 0.25) is 0 Å². The first-order chi connectivity index (χ1) is 12.1. The average molecular weight is 399 g/mol. The van der Waals surface area contributed by atoms with Crippen molar-refractivity contribution in [1.82, 2.24) is 5.43 Å². The van der Waals surface area contributed by atoms with Gasteiger partial charge in [0.05, 0.1) is 10.7 Å². The van der Waals surface area contributed by atoms with Crippen molar-refractivity contribution >= 4 is 38.8 Å². The molecule has 0 heterocycles. The van der Waals surface area contributed by atoms with Gasteiger partial charge in [-0.05, 0) is 50.5 Å². The minimum atomic E-state index is -0.378. The molecule has 0 aromatic heterocycles. The van der Waals surface area contributed by atoms with Gasteiger partial charge < -0.3 is 9.84 Å². The molecule has 0 saturated heterocycles. The summed E-state index contributed by atoms with van der Waals surface area (Å²) in [5.41, 5.74) is 3.07. The van der Waals surface area contributed by atoms with Crippen LogP contribution in [-0.4, -0.2) is 23.8 Å². The Labute approximate surface area is 153 Å². The number of ether oxygens (including phenoxy) is 1. The maximum absolute atomic E-state index is 11.8. The lowest BCUT2D eigenvalue weighted by atomic mass is 10.1. The fourth-order valence-electron chi connectivity index (χ4n) is 2.28. The Morgan fingerprint density at radius 1 is 1.16 bits per heavy atom. The molecule has 1 amide bonds.